The fourth-order valence-electron chi connectivity index (χ4n) is 7.76. The number of ketones is 1. The van der Waals surface area contributed by atoms with Crippen molar-refractivity contribution in [3.63, 3.8) is 0 Å². The SMILES string of the molecule is Brc1ccc2oc3ccccc3c2c1.Clc1ccccc1Nc1ccc2oc3ccccc3c2c1.Nc1ccccc1Cl.[2H]CC(C)=O.c1ccc2c(c1)[nH]c1cc3c(cc12)oc1ccccc13. The van der Waals surface area contributed by atoms with Gasteiger partial charge in [0.15, 0.2) is 0 Å². The van der Waals surface area contributed by atoms with E-state index in [2.05, 4.69) is 93.0 Å². The fraction of sp³-hybridized carbons (Fsp3) is 0.0351. The standard InChI is InChI=1S/C18H12ClNO.C18H11NO.C12H7BrO.C6H6ClN.C3H6O/c19-15-6-2-3-7-16(15)20-12-9-10-18-14(11-12)13-5-1-4-8-17(13)21-18;1-3-7-15-11(5-1)13-10-18-14(9-16(13)19-15)12-6-2-4-8-17(12)20-18;13-8-5-6-12-10(7-8)9-3-1-2-4-11(9)14-12;7-5-3-1-2-4-6(5)8;1-3(2)4/h1-11,20H;1-10,19H;1-7H;1-4H,8H2;1-2H3/i;;;;1D. The molecule has 4 aromatic heterocycles. The van der Waals surface area contributed by atoms with Crippen LogP contribution in [0.2, 0.25) is 10.0 Å². The summed E-state index contributed by atoms with van der Waals surface area (Å²) in [5.74, 6) is -0.0787. The second-order valence-electron chi connectivity index (χ2n) is 15.5. The highest BCUT2D eigenvalue weighted by atomic mass is 79.9. The van der Waals surface area contributed by atoms with Gasteiger partial charge >= 0.3 is 0 Å². The van der Waals surface area contributed by atoms with Crippen molar-refractivity contribution in [2.45, 2.75) is 13.8 Å². The number of aromatic amines is 1. The van der Waals surface area contributed by atoms with Crippen LogP contribution in [-0.4, -0.2) is 10.8 Å². The van der Waals surface area contributed by atoms with Gasteiger partial charge in [-0.05, 0) is 111 Å². The first-order valence-corrected chi connectivity index (χ1v) is 22.8. The Morgan fingerprint density at radius 2 is 0.985 bits per heavy atom. The molecule has 10 heteroatoms. The summed E-state index contributed by atoms with van der Waals surface area (Å²) in [6.07, 6.45) is 0. The second kappa shape index (κ2) is 19.9. The van der Waals surface area contributed by atoms with Crippen LogP contribution < -0.4 is 11.1 Å². The molecule has 0 aliphatic heterocycles. The average Bonchev–Trinajstić information content (AvgIpc) is 4.13. The predicted octanol–water partition coefficient (Wildman–Crippen LogP) is 18.1. The van der Waals surface area contributed by atoms with Crippen LogP contribution in [0.3, 0.4) is 0 Å². The highest BCUT2D eigenvalue weighted by Crippen LogP contribution is 2.36. The third kappa shape index (κ3) is 10.0. The van der Waals surface area contributed by atoms with E-state index < -0.39 is 0 Å². The summed E-state index contributed by atoms with van der Waals surface area (Å²) in [5, 5.41) is 14.0. The number of carbonyl (C=O) groups excluding carboxylic acids is 1. The lowest BCUT2D eigenvalue weighted by Crippen LogP contribution is -1.90. The normalized spacial score (nSPS) is 11.1. The highest BCUT2D eigenvalue weighted by molar-refractivity contribution is 9.10. The molecular weight excluding hydrogens is 941 g/mol. The molecule has 4 heterocycles. The zero-order chi connectivity index (χ0) is 47.1. The van der Waals surface area contributed by atoms with Gasteiger partial charge in [-0.15, -0.1) is 0 Å². The molecule has 0 spiro atoms. The fourth-order valence-corrected chi connectivity index (χ4v) is 8.44. The molecule has 4 N–H and O–H groups in total. The summed E-state index contributed by atoms with van der Waals surface area (Å²) < 4.78 is 24.9. The molecule has 0 saturated carbocycles. The Morgan fingerprint density at radius 1 is 0.507 bits per heavy atom. The number of nitrogens with two attached hydrogens (primary N) is 1. The number of halogens is 3. The first-order valence-electron chi connectivity index (χ1n) is 21.9. The summed E-state index contributed by atoms with van der Waals surface area (Å²) in [7, 11) is 0. The van der Waals surface area contributed by atoms with E-state index in [4.69, 9.17) is 43.6 Å². The van der Waals surface area contributed by atoms with E-state index in [1.54, 1.807) is 12.1 Å². The number of nitrogen functional groups attached to an aromatic ring is 1. The topological polar surface area (TPSA) is 110 Å². The molecule has 9 aromatic carbocycles. The lowest BCUT2D eigenvalue weighted by atomic mass is 10.1. The van der Waals surface area contributed by atoms with Crippen LogP contribution in [0.15, 0.2) is 212 Å². The Labute approximate surface area is 405 Å². The molecule has 0 amide bonds. The third-order valence-corrected chi connectivity index (χ3v) is 11.9. The Balaban J connectivity index is 0.000000114. The van der Waals surface area contributed by atoms with E-state index in [9.17, 15) is 4.79 Å². The van der Waals surface area contributed by atoms with Crippen molar-refractivity contribution in [1.29, 1.82) is 0 Å². The molecule has 67 heavy (non-hydrogen) atoms. The average molecular weight is 985 g/mol. The zero-order valence-corrected chi connectivity index (χ0v) is 39.1. The molecule has 0 atom stereocenters. The van der Waals surface area contributed by atoms with Gasteiger partial charge in [0.05, 0.1) is 21.4 Å². The number of aromatic nitrogens is 1. The minimum Gasteiger partial charge on any atom is -0.456 e. The summed E-state index contributed by atoms with van der Waals surface area (Å²) in [6.45, 7) is 1.31. The lowest BCUT2D eigenvalue weighted by Gasteiger charge is -2.08. The number of carbonyl (C=O) groups is 1. The van der Waals surface area contributed by atoms with Crippen LogP contribution in [0.5, 0.6) is 0 Å². The Hall–Kier alpha value is -7.49. The molecule has 0 fully saturated rings. The summed E-state index contributed by atoms with van der Waals surface area (Å²) >= 11 is 15.2. The van der Waals surface area contributed by atoms with Crippen LogP contribution in [0.1, 0.15) is 15.2 Å². The van der Waals surface area contributed by atoms with Gasteiger partial charge in [0.1, 0.15) is 39.3 Å². The maximum absolute atomic E-state index is 9.62. The number of benzene rings is 9. The monoisotopic (exact) mass is 982 g/mol. The van der Waals surface area contributed by atoms with Crippen molar-refractivity contribution in [2.75, 3.05) is 11.1 Å². The molecule has 0 bridgehead atoms. The molecule has 0 aliphatic rings. The summed E-state index contributed by atoms with van der Waals surface area (Å²) in [4.78, 5) is 13.1. The molecule has 13 aromatic rings. The first kappa shape index (κ1) is 43.4. The van der Waals surface area contributed by atoms with E-state index in [-0.39, 0.29) is 12.7 Å². The quantitative estimate of drug-likeness (QED) is 0.149. The van der Waals surface area contributed by atoms with Crippen molar-refractivity contribution < 1.29 is 19.4 Å². The van der Waals surface area contributed by atoms with Crippen molar-refractivity contribution in [3.8, 4) is 0 Å². The van der Waals surface area contributed by atoms with Gasteiger partial charge < -0.3 is 34.1 Å². The van der Waals surface area contributed by atoms with Crippen LogP contribution >= 0.6 is 39.1 Å². The molecule has 13 rings (SSSR count). The maximum atomic E-state index is 9.62. The molecule has 0 saturated heterocycles. The number of fused-ring (bicyclic) bond motifs is 12. The first-order chi connectivity index (χ1) is 33.1. The van der Waals surface area contributed by atoms with Crippen LogP contribution in [0.4, 0.5) is 17.1 Å². The number of rotatable bonds is 2. The van der Waals surface area contributed by atoms with Gasteiger partial charge in [-0.3, -0.25) is 0 Å². The smallest absolute Gasteiger partial charge is 0.136 e. The number of furan rings is 3. The molecular formula is C57H42BrCl2N3O4. The van der Waals surface area contributed by atoms with Crippen molar-refractivity contribution in [1.82, 2.24) is 4.98 Å². The third-order valence-electron chi connectivity index (χ3n) is 10.8. The van der Waals surface area contributed by atoms with Crippen LogP contribution in [0, 0.1) is 0 Å². The maximum Gasteiger partial charge on any atom is 0.136 e. The number of hydrogen-bond acceptors (Lipinski definition) is 6. The van der Waals surface area contributed by atoms with Crippen molar-refractivity contribution in [3.05, 3.63) is 209 Å². The van der Waals surface area contributed by atoms with Gasteiger partial charge in [-0.25, -0.2) is 0 Å². The lowest BCUT2D eigenvalue weighted by molar-refractivity contribution is -0.115. The molecule has 330 valence electrons. The van der Waals surface area contributed by atoms with E-state index in [1.807, 2.05) is 115 Å². The Kier molecular flexibility index (Phi) is 12.9. The largest absolute Gasteiger partial charge is 0.456 e. The second-order valence-corrected chi connectivity index (χ2v) is 17.3. The number of anilines is 3. The Morgan fingerprint density at radius 3 is 1.57 bits per heavy atom. The molecule has 7 nitrogen and oxygen atoms in total. The van der Waals surface area contributed by atoms with Crippen LogP contribution in [-0.2, 0) is 4.79 Å². The molecule has 0 aliphatic carbocycles. The summed E-state index contributed by atoms with van der Waals surface area (Å²) in [6, 6.07) is 64.1. The van der Waals surface area contributed by atoms with Gasteiger partial charge in [-0.2, -0.15) is 0 Å². The number of nitrogens with one attached hydrogen (secondary N) is 2. The van der Waals surface area contributed by atoms with Gasteiger partial charge in [-0.1, -0.05) is 136 Å². The van der Waals surface area contributed by atoms with Gasteiger partial charge in [0.2, 0.25) is 0 Å². The minimum atomic E-state index is -0.0833. The van der Waals surface area contributed by atoms with Crippen LogP contribution in [0.25, 0.3) is 87.6 Å². The summed E-state index contributed by atoms with van der Waals surface area (Å²) in [5.41, 5.74) is 15.8. The van der Waals surface area contributed by atoms with E-state index in [0.29, 0.717) is 15.7 Å². The minimum absolute atomic E-state index is 0.0787. The van der Waals surface area contributed by atoms with Gasteiger partial charge in [0.25, 0.3) is 0 Å². The van der Waals surface area contributed by atoms with E-state index >= 15 is 0 Å². The highest BCUT2D eigenvalue weighted by Gasteiger charge is 2.12. The predicted molar refractivity (Wildman–Crippen MR) is 285 cm³/mol. The van der Waals surface area contributed by atoms with E-state index in [1.165, 1.54) is 39.4 Å². The number of Topliss-reactive ketones (excluding diaryl/α,β-unsaturated/α-hetero) is 1. The molecule has 0 unspecified atom stereocenters. The van der Waals surface area contributed by atoms with Crippen molar-refractivity contribution in [2.24, 2.45) is 0 Å². The number of para-hydroxylation sites is 6. The Bertz CT molecular complexity index is 3780. The molecule has 0 radical (unpaired) electrons. The van der Waals surface area contributed by atoms with Gasteiger partial charge in [0, 0.05) is 65.7 Å². The number of H-pyrrole nitrogens is 1. The van der Waals surface area contributed by atoms with E-state index in [0.717, 1.165) is 71.0 Å². The zero-order valence-electron chi connectivity index (χ0n) is 37.0. The number of hydrogen-bond donors (Lipinski definition) is 3. The van der Waals surface area contributed by atoms with Crippen molar-refractivity contribution >= 4 is 150 Å².